The highest BCUT2D eigenvalue weighted by atomic mass is 32.2. The number of nitrogens with two attached hydrogens (primary N) is 1. The Balaban J connectivity index is 2.48. The number of aliphatic hydroxyl groups excluding tert-OH is 1. The first kappa shape index (κ1) is 11.6. The monoisotopic (exact) mass is 245 g/mol. The van der Waals surface area contributed by atoms with Crippen LogP contribution in [0.1, 0.15) is 28.7 Å². The molecule has 0 aliphatic carbocycles. The molecule has 0 fully saturated rings. The molecule has 0 radical (unpaired) electrons. The SMILES string of the molecule is Cc1oc2c(c1C(N)CO)CCS(=O)(=O)C2. The minimum Gasteiger partial charge on any atom is -0.465 e. The predicted molar refractivity (Wildman–Crippen MR) is 58.7 cm³/mol. The minimum atomic E-state index is -3.03. The summed E-state index contributed by atoms with van der Waals surface area (Å²) in [5.74, 6) is 1.18. The number of aryl methyl sites for hydroxylation is 1. The highest BCUT2D eigenvalue weighted by Gasteiger charge is 2.30. The Hall–Kier alpha value is -0.850. The number of rotatable bonds is 2. The van der Waals surface area contributed by atoms with Crippen molar-refractivity contribution in [1.29, 1.82) is 0 Å². The average Bonchev–Trinajstić information content (AvgIpc) is 2.50. The van der Waals surface area contributed by atoms with Gasteiger partial charge in [0.05, 0.1) is 18.4 Å². The molecule has 0 aromatic carbocycles. The molecule has 1 aromatic heterocycles. The van der Waals surface area contributed by atoms with E-state index in [1.165, 1.54) is 0 Å². The molecule has 0 saturated carbocycles. The summed E-state index contributed by atoms with van der Waals surface area (Å²) in [7, 11) is -3.03. The number of hydrogen-bond acceptors (Lipinski definition) is 5. The molecule has 2 heterocycles. The van der Waals surface area contributed by atoms with E-state index < -0.39 is 15.9 Å². The van der Waals surface area contributed by atoms with Crippen LogP contribution in [-0.4, -0.2) is 25.9 Å². The van der Waals surface area contributed by atoms with Crippen LogP contribution in [0, 0.1) is 6.92 Å². The third kappa shape index (κ3) is 1.88. The zero-order valence-electron chi connectivity index (χ0n) is 9.06. The summed E-state index contributed by atoms with van der Waals surface area (Å²) < 4.78 is 28.3. The van der Waals surface area contributed by atoms with E-state index in [0.717, 1.165) is 11.1 Å². The summed E-state index contributed by atoms with van der Waals surface area (Å²) in [4.78, 5) is 0. The van der Waals surface area contributed by atoms with Crippen molar-refractivity contribution in [3.05, 3.63) is 22.6 Å². The van der Waals surface area contributed by atoms with E-state index in [9.17, 15) is 8.42 Å². The van der Waals surface area contributed by atoms with Gasteiger partial charge >= 0.3 is 0 Å². The van der Waals surface area contributed by atoms with Gasteiger partial charge in [-0.1, -0.05) is 0 Å². The van der Waals surface area contributed by atoms with Gasteiger partial charge in [0.25, 0.3) is 0 Å². The molecule has 1 unspecified atom stereocenters. The number of fused-ring (bicyclic) bond motifs is 1. The largest absolute Gasteiger partial charge is 0.465 e. The van der Waals surface area contributed by atoms with Gasteiger partial charge in [-0.2, -0.15) is 0 Å². The van der Waals surface area contributed by atoms with Crippen LogP contribution in [0.25, 0.3) is 0 Å². The Morgan fingerprint density at radius 3 is 2.88 bits per heavy atom. The molecule has 1 aliphatic heterocycles. The summed E-state index contributed by atoms with van der Waals surface area (Å²) >= 11 is 0. The molecule has 0 bridgehead atoms. The lowest BCUT2D eigenvalue weighted by Gasteiger charge is -2.14. The topological polar surface area (TPSA) is 93.5 Å². The quantitative estimate of drug-likeness (QED) is 0.768. The molecule has 0 spiro atoms. The summed E-state index contributed by atoms with van der Waals surface area (Å²) in [6.07, 6.45) is 0.429. The van der Waals surface area contributed by atoms with Gasteiger partial charge in [0, 0.05) is 11.1 Å². The van der Waals surface area contributed by atoms with Crippen molar-refractivity contribution < 1.29 is 17.9 Å². The zero-order chi connectivity index (χ0) is 11.9. The lowest BCUT2D eigenvalue weighted by molar-refractivity contribution is 0.266. The molecule has 1 aromatic rings. The maximum atomic E-state index is 11.4. The van der Waals surface area contributed by atoms with E-state index in [-0.39, 0.29) is 18.1 Å². The fraction of sp³-hybridized carbons (Fsp3) is 0.600. The first-order chi connectivity index (χ1) is 7.44. The van der Waals surface area contributed by atoms with Crippen molar-refractivity contribution in [3.63, 3.8) is 0 Å². The Morgan fingerprint density at radius 1 is 1.56 bits per heavy atom. The van der Waals surface area contributed by atoms with Gasteiger partial charge in [0.1, 0.15) is 17.3 Å². The van der Waals surface area contributed by atoms with Crippen molar-refractivity contribution in [3.8, 4) is 0 Å². The van der Waals surface area contributed by atoms with Crippen molar-refractivity contribution in [2.24, 2.45) is 5.73 Å². The lowest BCUT2D eigenvalue weighted by atomic mass is 10.0. The van der Waals surface area contributed by atoms with E-state index in [2.05, 4.69) is 0 Å². The Kier molecular flexibility index (Phi) is 2.81. The Morgan fingerprint density at radius 2 is 2.25 bits per heavy atom. The van der Waals surface area contributed by atoms with Gasteiger partial charge in [0.15, 0.2) is 9.84 Å². The second-order valence-corrected chi connectivity index (χ2v) is 6.29. The molecule has 1 atom stereocenters. The molecule has 5 nitrogen and oxygen atoms in total. The van der Waals surface area contributed by atoms with E-state index in [4.69, 9.17) is 15.3 Å². The highest BCUT2D eigenvalue weighted by Crippen LogP contribution is 2.32. The standard InChI is InChI=1S/C10H15NO4S/c1-6-10(8(11)4-12)7-2-3-16(13,14)5-9(7)15-6/h8,12H,2-5,11H2,1H3. The van der Waals surface area contributed by atoms with Gasteiger partial charge in [-0.05, 0) is 13.3 Å². The van der Waals surface area contributed by atoms with Gasteiger partial charge in [-0.15, -0.1) is 0 Å². The van der Waals surface area contributed by atoms with E-state index in [0.29, 0.717) is 17.9 Å². The van der Waals surface area contributed by atoms with Crippen molar-refractivity contribution in [2.75, 3.05) is 12.4 Å². The van der Waals surface area contributed by atoms with Crippen LogP contribution in [-0.2, 0) is 22.0 Å². The molecule has 16 heavy (non-hydrogen) atoms. The fourth-order valence-electron chi connectivity index (χ4n) is 2.16. The van der Waals surface area contributed by atoms with Crippen LogP contribution in [0.4, 0.5) is 0 Å². The minimum absolute atomic E-state index is 0.0542. The normalized spacial score (nSPS) is 20.4. The average molecular weight is 245 g/mol. The molecule has 0 saturated heterocycles. The Bertz CT molecular complexity index is 503. The molecule has 90 valence electrons. The first-order valence-corrected chi connectivity index (χ1v) is 6.94. The molecule has 1 aliphatic rings. The van der Waals surface area contributed by atoms with Crippen LogP contribution in [0.2, 0.25) is 0 Å². The maximum Gasteiger partial charge on any atom is 0.157 e. The summed E-state index contributed by atoms with van der Waals surface area (Å²) in [6, 6.07) is -0.492. The highest BCUT2D eigenvalue weighted by molar-refractivity contribution is 7.90. The van der Waals surface area contributed by atoms with Crippen LogP contribution in [0.15, 0.2) is 4.42 Å². The second kappa shape index (κ2) is 3.87. The van der Waals surface area contributed by atoms with Gasteiger partial charge < -0.3 is 15.3 Å². The van der Waals surface area contributed by atoms with E-state index in [1.807, 2.05) is 0 Å². The Labute approximate surface area is 94.2 Å². The van der Waals surface area contributed by atoms with Crippen molar-refractivity contribution in [2.45, 2.75) is 25.1 Å². The zero-order valence-corrected chi connectivity index (χ0v) is 9.88. The van der Waals surface area contributed by atoms with E-state index in [1.54, 1.807) is 6.92 Å². The third-order valence-corrected chi connectivity index (χ3v) is 4.43. The number of furan rings is 1. The van der Waals surface area contributed by atoms with Gasteiger partial charge in [-0.25, -0.2) is 8.42 Å². The molecular formula is C10H15NO4S. The predicted octanol–water partition coefficient (Wildman–Crippen LogP) is 0.0510. The third-order valence-electron chi connectivity index (χ3n) is 2.90. The second-order valence-electron chi connectivity index (χ2n) is 4.10. The number of sulfone groups is 1. The maximum absolute atomic E-state index is 11.4. The fourth-order valence-corrected chi connectivity index (χ4v) is 3.45. The lowest BCUT2D eigenvalue weighted by Crippen LogP contribution is -2.21. The molecule has 6 heteroatoms. The molecule has 0 amide bonds. The molecular weight excluding hydrogens is 230 g/mol. The van der Waals surface area contributed by atoms with Crippen LogP contribution in [0.5, 0.6) is 0 Å². The van der Waals surface area contributed by atoms with E-state index >= 15 is 0 Å². The summed E-state index contributed by atoms with van der Waals surface area (Å²) in [5, 5.41) is 9.05. The summed E-state index contributed by atoms with van der Waals surface area (Å²) in [6.45, 7) is 1.58. The van der Waals surface area contributed by atoms with Crippen LogP contribution in [0.3, 0.4) is 0 Å². The summed E-state index contributed by atoms with van der Waals surface area (Å²) in [5.41, 5.74) is 7.41. The van der Waals surface area contributed by atoms with Gasteiger partial charge in [0.2, 0.25) is 0 Å². The molecule has 2 rings (SSSR count). The molecule has 3 N–H and O–H groups in total. The first-order valence-electron chi connectivity index (χ1n) is 5.12. The van der Waals surface area contributed by atoms with Crippen LogP contribution >= 0.6 is 0 Å². The van der Waals surface area contributed by atoms with Gasteiger partial charge in [-0.3, -0.25) is 0 Å². The van der Waals surface area contributed by atoms with Crippen molar-refractivity contribution >= 4 is 9.84 Å². The number of hydrogen-bond donors (Lipinski definition) is 2. The van der Waals surface area contributed by atoms with Crippen molar-refractivity contribution in [1.82, 2.24) is 0 Å². The van der Waals surface area contributed by atoms with Crippen LogP contribution < -0.4 is 5.73 Å². The number of aliphatic hydroxyl groups is 1. The smallest absolute Gasteiger partial charge is 0.157 e.